The molecule has 3 aromatic rings. The van der Waals surface area contributed by atoms with Crippen molar-refractivity contribution in [1.82, 2.24) is 14.9 Å². The summed E-state index contributed by atoms with van der Waals surface area (Å²) in [6.07, 6.45) is -4.72. The molecule has 0 spiro atoms. The van der Waals surface area contributed by atoms with Gasteiger partial charge in [0.1, 0.15) is 18.5 Å². The van der Waals surface area contributed by atoms with Gasteiger partial charge in [0.15, 0.2) is 0 Å². The Hall–Kier alpha value is -3.10. The van der Waals surface area contributed by atoms with Crippen molar-refractivity contribution < 1.29 is 17.7 Å². The van der Waals surface area contributed by atoms with Gasteiger partial charge in [0.05, 0.1) is 5.69 Å². The second-order valence-electron chi connectivity index (χ2n) is 9.36. The number of nitrogens with two attached hydrogens (primary N) is 1. The van der Waals surface area contributed by atoms with Gasteiger partial charge in [0, 0.05) is 49.3 Å². The second kappa shape index (κ2) is 10.1. The molecular weight excluding hydrogens is 488 g/mol. The molecule has 36 heavy (non-hydrogen) atoms. The highest BCUT2D eigenvalue weighted by molar-refractivity contribution is 7.70. The number of nitrogens with zero attached hydrogens (tertiary/aromatic N) is 4. The van der Waals surface area contributed by atoms with E-state index in [2.05, 4.69) is 32.1 Å². The van der Waals surface area contributed by atoms with Crippen LogP contribution < -0.4 is 21.3 Å². The first-order chi connectivity index (χ1) is 16.9. The lowest BCUT2D eigenvalue weighted by molar-refractivity contribution is -0.136. The van der Waals surface area contributed by atoms with Crippen molar-refractivity contribution >= 4 is 29.9 Å². The van der Waals surface area contributed by atoms with Crippen LogP contribution in [0.2, 0.25) is 0 Å². The van der Waals surface area contributed by atoms with Gasteiger partial charge in [-0.1, -0.05) is 36.4 Å². The van der Waals surface area contributed by atoms with Crippen molar-refractivity contribution in [3.05, 3.63) is 59.7 Å². The summed E-state index contributed by atoms with van der Waals surface area (Å²) in [7, 11) is -0.457. The summed E-state index contributed by atoms with van der Waals surface area (Å²) in [6, 6.07) is 13.8. The highest BCUT2D eigenvalue weighted by atomic mass is 31.2. The first-order valence-electron chi connectivity index (χ1n) is 11.6. The molecule has 0 aliphatic carbocycles. The van der Waals surface area contributed by atoms with Crippen molar-refractivity contribution in [2.45, 2.75) is 12.7 Å². The van der Waals surface area contributed by atoms with Gasteiger partial charge in [-0.25, -0.2) is 4.98 Å². The predicted octanol–water partition coefficient (Wildman–Crippen LogP) is 4.36. The molecule has 1 aliphatic rings. The quantitative estimate of drug-likeness (QED) is 0.469. The van der Waals surface area contributed by atoms with E-state index in [1.54, 1.807) is 25.5 Å². The van der Waals surface area contributed by atoms with E-state index < -0.39 is 18.9 Å². The predicted molar refractivity (Wildman–Crippen MR) is 139 cm³/mol. The first kappa shape index (κ1) is 26.0. The molecule has 2 heterocycles. The SMILES string of the molecule is CN1CCN(c2ccc(CNc3nc(N)nc(-c4ccc(P(C)(C)=O)cc4)c3C(F)(F)F)cc2)CC1. The van der Waals surface area contributed by atoms with Gasteiger partial charge in [-0.2, -0.15) is 18.2 Å². The van der Waals surface area contributed by atoms with Crippen LogP contribution in [0, 0.1) is 0 Å². The molecule has 11 heteroatoms. The van der Waals surface area contributed by atoms with Crippen LogP contribution >= 0.6 is 7.14 Å². The summed E-state index contributed by atoms with van der Waals surface area (Å²) in [6.45, 7) is 7.18. The van der Waals surface area contributed by atoms with E-state index in [1.165, 1.54) is 12.1 Å². The average Bonchev–Trinajstić information content (AvgIpc) is 2.82. The van der Waals surface area contributed by atoms with Crippen molar-refractivity contribution in [1.29, 1.82) is 0 Å². The van der Waals surface area contributed by atoms with E-state index in [1.807, 2.05) is 24.3 Å². The molecular formula is C25H30F3N6OP. The molecule has 4 rings (SSSR count). The Labute approximate surface area is 208 Å². The van der Waals surface area contributed by atoms with Gasteiger partial charge in [0.25, 0.3) is 0 Å². The number of hydrogen-bond donors (Lipinski definition) is 2. The topological polar surface area (TPSA) is 87.4 Å². The van der Waals surface area contributed by atoms with Crippen LogP contribution in [-0.4, -0.2) is 61.4 Å². The van der Waals surface area contributed by atoms with Crippen LogP contribution in [0.4, 0.5) is 30.6 Å². The molecule has 0 saturated carbocycles. The van der Waals surface area contributed by atoms with Gasteiger partial charge < -0.3 is 25.4 Å². The molecule has 1 aliphatic heterocycles. The normalized spacial score (nSPS) is 15.2. The maximum absolute atomic E-state index is 14.2. The average molecular weight is 519 g/mol. The van der Waals surface area contributed by atoms with E-state index in [-0.39, 0.29) is 29.6 Å². The van der Waals surface area contributed by atoms with Gasteiger partial charge in [0.2, 0.25) is 5.95 Å². The third kappa shape index (κ3) is 5.99. The fourth-order valence-corrected chi connectivity index (χ4v) is 5.00. The van der Waals surface area contributed by atoms with E-state index >= 15 is 0 Å². The lowest BCUT2D eigenvalue weighted by Gasteiger charge is -2.34. The van der Waals surface area contributed by atoms with Crippen LogP contribution in [0.15, 0.2) is 48.5 Å². The summed E-state index contributed by atoms with van der Waals surface area (Å²) >= 11 is 0. The molecule has 0 amide bonds. The zero-order chi connectivity index (χ0) is 26.1. The molecule has 0 atom stereocenters. The van der Waals surface area contributed by atoms with E-state index in [9.17, 15) is 17.7 Å². The number of anilines is 3. The number of halogens is 3. The Morgan fingerprint density at radius 2 is 1.58 bits per heavy atom. The standard InChI is InChI=1S/C25H30F3N6OP/c1-33-12-14-34(15-13-33)19-8-4-17(5-9-19)16-30-23-21(25(26,27)28)22(31-24(29)32-23)18-6-10-20(11-7-18)36(2,3)35/h4-11H,12-16H2,1-3H3,(H3,29,30,31,32). The molecule has 0 unspecified atom stereocenters. The molecule has 0 radical (unpaired) electrons. The fraction of sp³-hybridized carbons (Fsp3) is 0.360. The fourth-order valence-electron chi connectivity index (χ4n) is 4.14. The summed E-state index contributed by atoms with van der Waals surface area (Å²) in [4.78, 5) is 12.4. The number of benzene rings is 2. The minimum Gasteiger partial charge on any atom is -0.369 e. The summed E-state index contributed by atoms with van der Waals surface area (Å²) in [5.74, 6) is -0.652. The van der Waals surface area contributed by atoms with Gasteiger partial charge in [-0.15, -0.1) is 0 Å². The van der Waals surface area contributed by atoms with Crippen LogP contribution in [0.3, 0.4) is 0 Å². The van der Waals surface area contributed by atoms with Crippen LogP contribution in [0.1, 0.15) is 11.1 Å². The molecule has 1 saturated heterocycles. The minimum atomic E-state index is -4.72. The highest BCUT2D eigenvalue weighted by Crippen LogP contribution is 2.41. The molecule has 0 bridgehead atoms. The van der Waals surface area contributed by atoms with Crippen molar-refractivity contribution in [3.8, 4) is 11.3 Å². The number of piperazine rings is 1. The van der Waals surface area contributed by atoms with E-state index in [0.29, 0.717) is 5.30 Å². The maximum Gasteiger partial charge on any atom is 0.422 e. The van der Waals surface area contributed by atoms with E-state index in [0.717, 1.165) is 37.4 Å². The Balaban J connectivity index is 1.59. The Morgan fingerprint density at radius 1 is 0.972 bits per heavy atom. The van der Waals surface area contributed by atoms with Crippen LogP contribution in [0.5, 0.6) is 0 Å². The van der Waals surface area contributed by atoms with Gasteiger partial charge in [-0.05, 0) is 38.1 Å². The third-order valence-corrected chi connectivity index (χ3v) is 7.78. The van der Waals surface area contributed by atoms with Crippen molar-refractivity contribution in [2.75, 3.05) is 62.5 Å². The first-order valence-corrected chi connectivity index (χ1v) is 14.2. The van der Waals surface area contributed by atoms with Crippen molar-refractivity contribution in [3.63, 3.8) is 0 Å². The number of nitrogen functional groups attached to an aromatic ring is 1. The Kier molecular flexibility index (Phi) is 7.29. The van der Waals surface area contributed by atoms with E-state index in [4.69, 9.17) is 5.73 Å². The highest BCUT2D eigenvalue weighted by Gasteiger charge is 2.39. The molecule has 3 N–H and O–H groups in total. The Bertz CT molecular complexity index is 1250. The summed E-state index contributed by atoms with van der Waals surface area (Å²) in [5, 5.41) is 3.38. The molecule has 2 aromatic carbocycles. The molecule has 7 nitrogen and oxygen atoms in total. The summed E-state index contributed by atoms with van der Waals surface area (Å²) in [5.41, 5.74) is 6.61. The Morgan fingerprint density at radius 3 is 2.14 bits per heavy atom. The van der Waals surface area contributed by atoms with Gasteiger partial charge >= 0.3 is 6.18 Å². The lowest BCUT2D eigenvalue weighted by atomic mass is 10.1. The molecule has 1 fully saturated rings. The zero-order valence-corrected chi connectivity index (χ0v) is 21.4. The zero-order valence-electron chi connectivity index (χ0n) is 20.5. The lowest BCUT2D eigenvalue weighted by Crippen LogP contribution is -2.44. The number of aromatic nitrogens is 2. The number of likely N-dealkylation sites (N-methyl/N-ethyl adjacent to an activating group) is 1. The van der Waals surface area contributed by atoms with Gasteiger partial charge in [-0.3, -0.25) is 0 Å². The monoisotopic (exact) mass is 518 g/mol. The van der Waals surface area contributed by atoms with Crippen LogP contribution in [0.25, 0.3) is 11.3 Å². The largest absolute Gasteiger partial charge is 0.422 e. The smallest absolute Gasteiger partial charge is 0.369 e. The number of rotatable bonds is 6. The number of nitrogens with one attached hydrogen (secondary N) is 1. The maximum atomic E-state index is 14.2. The number of hydrogen-bond acceptors (Lipinski definition) is 7. The third-order valence-electron chi connectivity index (χ3n) is 6.24. The summed E-state index contributed by atoms with van der Waals surface area (Å²) < 4.78 is 54.9. The van der Waals surface area contributed by atoms with Crippen LogP contribution in [-0.2, 0) is 17.3 Å². The number of alkyl halides is 3. The second-order valence-corrected chi connectivity index (χ2v) is 12.6. The molecule has 192 valence electrons. The molecule has 1 aromatic heterocycles. The van der Waals surface area contributed by atoms with Crippen molar-refractivity contribution in [2.24, 2.45) is 0 Å². The minimum absolute atomic E-state index is 0.135.